The van der Waals surface area contributed by atoms with E-state index in [-0.39, 0.29) is 0 Å². The van der Waals surface area contributed by atoms with Crippen LogP contribution >= 0.6 is 0 Å². The summed E-state index contributed by atoms with van der Waals surface area (Å²) in [7, 11) is 3.31. The molecule has 0 amide bonds. The number of rotatable bonds is 8. The third-order valence-corrected chi connectivity index (χ3v) is 2.92. The molecule has 1 aromatic carbocycles. The molecule has 1 rings (SSSR count). The molecule has 3 heteroatoms. The van der Waals surface area contributed by atoms with Crippen LogP contribution in [0.15, 0.2) is 18.2 Å². The SMILES string of the molecule is CCCC(=O)CCCc1cc(OC)ccc1OC. The van der Waals surface area contributed by atoms with E-state index >= 15 is 0 Å². The van der Waals surface area contributed by atoms with Gasteiger partial charge in [-0.15, -0.1) is 0 Å². The van der Waals surface area contributed by atoms with Crippen molar-refractivity contribution < 1.29 is 14.3 Å². The van der Waals surface area contributed by atoms with Crippen LogP contribution in [0.2, 0.25) is 0 Å². The second-order valence-corrected chi connectivity index (χ2v) is 4.32. The second kappa shape index (κ2) is 7.75. The van der Waals surface area contributed by atoms with Crippen LogP contribution in [0.5, 0.6) is 11.5 Å². The molecule has 0 unspecified atom stereocenters. The first-order valence-corrected chi connectivity index (χ1v) is 6.43. The van der Waals surface area contributed by atoms with Crippen molar-refractivity contribution >= 4 is 5.78 Å². The van der Waals surface area contributed by atoms with E-state index in [2.05, 4.69) is 0 Å². The molecule has 100 valence electrons. The maximum absolute atomic E-state index is 11.5. The maximum Gasteiger partial charge on any atom is 0.132 e. The van der Waals surface area contributed by atoms with Gasteiger partial charge in [-0.2, -0.15) is 0 Å². The third-order valence-electron chi connectivity index (χ3n) is 2.92. The summed E-state index contributed by atoms with van der Waals surface area (Å²) in [5.74, 6) is 2.03. The van der Waals surface area contributed by atoms with Gasteiger partial charge in [0.1, 0.15) is 17.3 Å². The highest BCUT2D eigenvalue weighted by molar-refractivity contribution is 5.78. The van der Waals surface area contributed by atoms with Crippen LogP contribution in [0.1, 0.15) is 38.2 Å². The Balaban J connectivity index is 2.57. The summed E-state index contributed by atoms with van der Waals surface area (Å²) in [6.07, 6.45) is 3.98. The van der Waals surface area contributed by atoms with E-state index in [9.17, 15) is 4.79 Å². The first-order valence-electron chi connectivity index (χ1n) is 6.43. The Morgan fingerprint density at radius 3 is 2.56 bits per heavy atom. The molecule has 0 aliphatic heterocycles. The fourth-order valence-electron chi connectivity index (χ4n) is 1.96. The number of hydrogen-bond acceptors (Lipinski definition) is 3. The van der Waals surface area contributed by atoms with Gasteiger partial charge in [0, 0.05) is 12.8 Å². The van der Waals surface area contributed by atoms with Crippen LogP contribution < -0.4 is 9.47 Å². The second-order valence-electron chi connectivity index (χ2n) is 4.32. The Morgan fingerprint density at radius 2 is 1.94 bits per heavy atom. The molecule has 0 saturated carbocycles. The fraction of sp³-hybridized carbons (Fsp3) is 0.533. The molecule has 0 saturated heterocycles. The summed E-state index contributed by atoms with van der Waals surface area (Å²) in [6.45, 7) is 2.03. The number of benzene rings is 1. The van der Waals surface area contributed by atoms with E-state index < -0.39 is 0 Å². The highest BCUT2D eigenvalue weighted by Gasteiger charge is 2.06. The molecule has 0 N–H and O–H groups in total. The lowest BCUT2D eigenvalue weighted by atomic mass is 10.0. The Hall–Kier alpha value is -1.51. The first-order chi connectivity index (χ1) is 8.71. The molecule has 0 bridgehead atoms. The first kappa shape index (κ1) is 14.6. The number of carbonyl (C=O) groups is 1. The van der Waals surface area contributed by atoms with Gasteiger partial charge in [0.2, 0.25) is 0 Å². The van der Waals surface area contributed by atoms with Crippen LogP contribution in [-0.4, -0.2) is 20.0 Å². The van der Waals surface area contributed by atoms with Crippen molar-refractivity contribution in [2.75, 3.05) is 14.2 Å². The highest BCUT2D eigenvalue weighted by atomic mass is 16.5. The average Bonchev–Trinajstić information content (AvgIpc) is 2.39. The molecule has 3 nitrogen and oxygen atoms in total. The van der Waals surface area contributed by atoms with Crippen molar-refractivity contribution in [3.63, 3.8) is 0 Å². The fourth-order valence-corrected chi connectivity index (χ4v) is 1.96. The zero-order chi connectivity index (χ0) is 13.4. The van der Waals surface area contributed by atoms with Gasteiger partial charge < -0.3 is 9.47 Å². The normalized spacial score (nSPS) is 10.2. The summed E-state index contributed by atoms with van der Waals surface area (Å²) in [4.78, 5) is 11.5. The van der Waals surface area contributed by atoms with E-state index in [1.807, 2.05) is 25.1 Å². The van der Waals surface area contributed by atoms with E-state index in [0.717, 1.165) is 36.3 Å². The highest BCUT2D eigenvalue weighted by Crippen LogP contribution is 2.25. The van der Waals surface area contributed by atoms with Gasteiger partial charge >= 0.3 is 0 Å². The predicted molar refractivity (Wildman–Crippen MR) is 72.4 cm³/mol. The van der Waals surface area contributed by atoms with Crippen molar-refractivity contribution in [2.45, 2.75) is 39.0 Å². The van der Waals surface area contributed by atoms with Crippen LogP contribution in [0, 0.1) is 0 Å². The average molecular weight is 250 g/mol. The standard InChI is InChI=1S/C15H22O3/c1-4-6-13(16)8-5-7-12-11-14(17-2)9-10-15(12)18-3/h9-11H,4-8H2,1-3H3. The largest absolute Gasteiger partial charge is 0.497 e. The summed E-state index contributed by atoms with van der Waals surface area (Å²) in [6, 6.07) is 5.76. The van der Waals surface area contributed by atoms with Crippen LogP contribution in [0.25, 0.3) is 0 Å². The summed E-state index contributed by atoms with van der Waals surface area (Å²) >= 11 is 0. The van der Waals surface area contributed by atoms with Crippen molar-refractivity contribution in [1.29, 1.82) is 0 Å². The summed E-state index contributed by atoms with van der Waals surface area (Å²) in [5.41, 5.74) is 1.10. The number of methoxy groups -OCH3 is 2. The van der Waals surface area contributed by atoms with Gasteiger partial charge in [0.25, 0.3) is 0 Å². The van der Waals surface area contributed by atoms with Gasteiger partial charge in [-0.3, -0.25) is 4.79 Å². The Bertz CT molecular complexity index is 385. The monoisotopic (exact) mass is 250 g/mol. The topological polar surface area (TPSA) is 35.5 Å². The summed E-state index contributed by atoms with van der Waals surface area (Å²) < 4.78 is 10.5. The van der Waals surface area contributed by atoms with Crippen LogP contribution in [-0.2, 0) is 11.2 Å². The van der Waals surface area contributed by atoms with E-state index in [0.29, 0.717) is 18.6 Å². The van der Waals surface area contributed by atoms with Crippen molar-refractivity contribution in [1.82, 2.24) is 0 Å². The Labute approximate surface area is 109 Å². The minimum absolute atomic E-state index is 0.347. The number of hydrogen-bond donors (Lipinski definition) is 0. The van der Waals surface area contributed by atoms with Crippen molar-refractivity contribution in [3.05, 3.63) is 23.8 Å². The van der Waals surface area contributed by atoms with Crippen LogP contribution in [0.4, 0.5) is 0 Å². The van der Waals surface area contributed by atoms with Gasteiger partial charge in [0.05, 0.1) is 14.2 Å². The van der Waals surface area contributed by atoms with E-state index in [4.69, 9.17) is 9.47 Å². The number of ketones is 1. The molecule has 0 aliphatic rings. The van der Waals surface area contributed by atoms with Crippen LogP contribution in [0.3, 0.4) is 0 Å². The van der Waals surface area contributed by atoms with Crippen molar-refractivity contribution in [3.8, 4) is 11.5 Å². The molecule has 0 heterocycles. The molecule has 0 atom stereocenters. The summed E-state index contributed by atoms with van der Waals surface area (Å²) in [5, 5.41) is 0. The third kappa shape index (κ3) is 4.40. The van der Waals surface area contributed by atoms with Gasteiger partial charge in [-0.05, 0) is 43.0 Å². The number of aryl methyl sites for hydroxylation is 1. The zero-order valence-corrected chi connectivity index (χ0v) is 11.5. The molecule has 18 heavy (non-hydrogen) atoms. The lowest BCUT2D eigenvalue weighted by Crippen LogP contribution is -1.99. The quantitative estimate of drug-likeness (QED) is 0.709. The molecule has 0 fully saturated rings. The van der Waals surface area contributed by atoms with Crippen molar-refractivity contribution in [2.24, 2.45) is 0 Å². The minimum Gasteiger partial charge on any atom is -0.497 e. The van der Waals surface area contributed by atoms with Gasteiger partial charge in [-0.1, -0.05) is 6.92 Å². The minimum atomic E-state index is 0.347. The Morgan fingerprint density at radius 1 is 1.17 bits per heavy atom. The molecule has 1 aromatic rings. The van der Waals surface area contributed by atoms with E-state index in [1.54, 1.807) is 14.2 Å². The van der Waals surface area contributed by atoms with Gasteiger partial charge in [0.15, 0.2) is 0 Å². The number of carbonyl (C=O) groups excluding carboxylic acids is 1. The molecule has 0 aliphatic carbocycles. The lowest BCUT2D eigenvalue weighted by molar-refractivity contribution is -0.119. The maximum atomic E-state index is 11.5. The Kier molecular flexibility index (Phi) is 6.26. The molecule has 0 radical (unpaired) electrons. The molecule has 0 spiro atoms. The molecular weight excluding hydrogens is 228 g/mol. The smallest absolute Gasteiger partial charge is 0.132 e. The number of ether oxygens (including phenoxy) is 2. The number of Topliss-reactive ketones (excluding diaryl/α,β-unsaturated/α-hetero) is 1. The van der Waals surface area contributed by atoms with E-state index in [1.165, 1.54) is 0 Å². The lowest BCUT2D eigenvalue weighted by Gasteiger charge is -2.10. The zero-order valence-electron chi connectivity index (χ0n) is 11.5. The molecular formula is C15H22O3. The molecule has 0 aromatic heterocycles. The predicted octanol–water partition coefficient (Wildman–Crippen LogP) is 3.40. The van der Waals surface area contributed by atoms with Gasteiger partial charge in [-0.25, -0.2) is 0 Å².